The van der Waals surface area contributed by atoms with Crippen molar-refractivity contribution in [1.82, 2.24) is 0 Å². The summed E-state index contributed by atoms with van der Waals surface area (Å²) in [4.78, 5) is 0. The van der Waals surface area contributed by atoms with Gasteiger partial charge in [-0.15, -0.1) is 11.8 Å². The molecule has 0 aliphatic heterocycles. The molecule has 0 bridgehead atoms. The molecule has 1 unspecified atom stereocenters. The summed E-state index contributed by atoms with van der Waals surface area (Å²) >= 11 is 0. The number of hydrogen-bond acceptors (Lipinski definition) is 4. The van der Waals surface area contributed by atoms with E-state index in [1.807, 2.05) is 0 Å². The monoisotopic (exact) mass is 250 g/mol. The lowest BCUT2D eigenvalue weighted by atomic mass is 10.0. The maximum absolute atomic E-state index is 10.1. The van der Waals surface area contributed by atoms with Crippen molar-refractivity contribution >= 4 is 0 Å². The van der Waals surface area contributed by atoms with Gasteiger partial charge in [-0.3, -0.25) is 0 Å². The standard InChI is InChI=1S/C14H18O4/c1-5-6-7-11(15)10-8-9-12(16-2)14(18-4)13(10)17-3/h8-9,11,15H,7H2,1-4H3. The van der Waals surface area contributed by atoms with E-state index in [-0.39, 0.29) is 0 Å². The van der Waals surface area contributed by atoms with Crippen molar-refractivity contribution in [3.63, 3.8) is 0 Å². The Balaban J connectivity index is 3.22. The summed E-state index contributed by atoms with van der Waals surface area (Å²) in [6.07, 6.45) is -0.366. The van der Waals surface area contributed by atoms with Crippen LogP contribution in [0.15, 0.2) is 12.1 Å². The first-order valence-electron chi connectivity index (χ1n) is 5.56. The molecule has 18 heavy (non-hydrogen) atoms. The SMILES string of the molecule is CC#CCC(O)c1ccc(OC)c(OC)c1OC. The Hall–Kier alpha value is -1.86. The summed E-state index contributed by atoms with van der Waals surface area (Å²) in [5, 5.41) is 10.1. The second-order valence-electron chi connectivity index (χ2n) is 3.57. The molecule has 1 atom stereocenters. The number of benzene rings is 1. The fourth-order valence-electron chi connectivity index (χ4n) is 1.70. The van der Waals surface area contributed by atoms with E-state index in [9.17, 15) is 5.11 Å². The smallest absolute Gasteiger partial charge is 0.203 e. The highest BCUT2D eigenvalue weighted by molar-refractivity contribution is 5.56. The van der Waals surface area contributed by atoms with E-state index in [4.69, 9.17) is 14.2 Å². The number of hydrogen-bond donors (Lipinski definition) is 1. The molecular formula is C14H18O4. The van der Waals surface area contributed by atoms with Gasteiger partial charge in [0.1, 0.15) is 0 Å². The summed E-state index contributed by atoms with van der Waals surface area (Å²) < 4.78 is 15.7. The molecule has 0 amide bonds. The minimum Gasteiger partial charge on any atom is -0.493 e. The Labute approximate surface area is 107 Å². The molecule has 0 heterocycles. The van der Waals surface area contributed by atoms with E-state index < -0.39 is 6.10 Å². The summed E-state index contributed by atoms with van der Waals surface area (Å²) in [5.74, 6) is 7.10. The number of ether oxygens (including phenoxy) is 3. The van der Waals surface area contributed by atoms with Gasteiger partial charge in [0.15, 0.2) is 11.5 Å². The van der Waals surface area contributed by atoms with Crippen molar-refractivity contribution in [2.75, 3.05) is 21.3 Å². The Morgan fingerprint density at radius 3 is 2.28 bits per heavy atom. The third-order valence-electron chi connectivity index (χ3n) is 2.57. The minimum absolute atomic E-state index is 0.350. The number of aliphatic hydroxyl groups excluding tert-OH is 1. The highest BCUT2D eigenvalue weighted by Gasteiger charge is 2.20. The summed E-state index contributed by atoms with van der Waals surface area (Å²) in [6.45, 7) is 1.73. The maximum Gasteiger partial charge on any atom is 0.203 e. The van der Waals surface area contributed by atoms with E-state index in [0.29, 0.717) is 29.2 Å². The van der Waals surface area contributed by atoms with Gasteiger partial charge < -0.3 is 19.3 Å². The Morgan fingerprint density at radius 1 is 1.11 bits per heavy atom. The van der Waals surface area contributed by atoms with Crippen molar-refractivity contribution in [3.8, 4) is 29.1 Å². The van der Waals surface area contributed by atoms with Crippen molar-refractivity contribution in [1.29, 1.82) is 0 Å². The van der Waals surface area contributed by atoms with Gasteiger partial charge in [-0.2, -0.15) is 0 Å². The van der Waals surface area contributed by atoms with E-state index >= 15 is 0 Å². The van der Waals surface area contributed by atoms with Gasteiger partial charge in [0.25, 0.3) is 0 Å². The molecule has 0 saturated heterocycles. The van der Waals surface area contributed by atoms with Gasteiger partial charge in [-0.1, -0.05) is 0 Å². The molecule has 1 aromatic rings. The van der Waals surface area contributed by atoms with Crippen LogP contribution in [0.2, 0.25) is 0 Å². The minimum atomic E-state index is -0.716. The predicted octanol–water partition coefficient (Wildman–Crippen LogP) is 2.16. The largest absolute Gasteiger partial charge is 0.493 e. The predicted molar refractivity (Wildman–Crippen MR) is 69.1 cm³/mol. The van der Waals surface area contributed by atoms with Gasteiger partial charge in [-0.05, 0) is 19.1 Å². The van der Waals surface area contributed by atoms with Crippen molar-refractivity contribution in [2.24, 2.45) is 0 Å². The van der Waals surface area contributed by atoms with E-state index in [0.717, 1.165) is 0 Å². The van der Waals surface area contributed by atoms with Crippen LogP contribution in [-0.4, -0.2) is 26.4 Å². The summed E-state index contributed by atoms with van der Waals surface area (Å²) in [5.41, 5.74) is 0.637. The van der Waals surface area contributed by atoms with Crippen LogP contribution < -0.4 is 14.2 Å². The molecule has 0 spiro atoms. The number of aliphatic hydroxyl groups is 1. The number of rotatable bonds is 5. The lowest BCUT2D eigenvalue weighted by Gasteiger charge is -2.17. The molecule has 4 heteroatoms. The fraction of sp³-hybridized carbons (Fsp3) is 0.429. The van der Waals surface area contributed by atoms with Crippen LogP contribution in [0.3, 0.4) is 0 Å². The second kappa shape index (κ2) is 6.77. The fourth-order valence-corrected chi connectivity index (χ4v) is 1.70. The third-order valence-corrected chi connectivity index (χ3v) is 2.57. The van der Waals surface area contributed by atoms with Crippen LogP contribution in [0.1, 0.15) is 25.0 Å². The first kappa shape index (κ1) is 14.2. The molecule has 1 rings (SSSR count). The molecule has 0 saturated carbocycles. The quantitative estimate of drug-likeness (QED) is 0.813. The van der Waals surface area contributed by atoms with E-state index in [1.165, 1.54) is 14.2 Å². The van der Waals surface area contributed by atoms with Crippen molar-refractivity contribution in [3.05, 3.63) is 17.7 Å². The van der Waals surface area contributed by atoms with E-state index in [2.05, 4.69) is 11.8 Å². The molecule has 1 N–H and O–H groups in total. The zero-order valence-electron chi connectivity index (χ0n) is 11.1. The molecule has 0 aliphatic rings. The van der Waals surface area contributed by atoms with Crippen LogP contribution in [0.25, 0.3) is 0 Å². The molecule has 4 nitrogen and oxygen atoms in total. The van der Waals surface area contributed by atoms with E-state index in [1.54, 1.807) is 26.2 Å². The van der Waals surface area contributed by atoms with Gasteiger partial charge >= 0.3 is 0 Å². The second-order valence-corrected chi connectivity index (χ2v) is 3.57. The molecule has 0 aliphatic carbocycles. The van der Waals surface area contributed by atoms with Crippen molar-refractivity contribution < 1.29 is 19.3 Å². The van der Waals surface area contributed by atoms with Crippen LogP contribution in [-0.2, 0) is 0 Å². The van der Waals surface area contributed by atoms with Gasteiger partial charge in [0.2, 0.25) is 5.75 Å². The first-order chi connectivity index (χ1) is 8.69. The van der Waals surface area contributed by atoms with Gasteiger partial charge in [-0.25, -0.2) is 0 Å². The topological polar surface area (TPSA) is 47.9 Å². The molecule has 1 aromatic carbocycles. The van der Waals surface area contributed by atoms with Crippen LogP contribution in [0, 0.1) is 11.8 Å². The van der Waals surface area contributed by atoms with Gasteiger partial charge in [0, 0.05) is 12.0 Å². The molecule has 0 fully saturated rings. The third kappa shape index (κ3) is 2.88. The Morgan fingerprint density at radius 2 is 1.78 bits per heavy atom. The average Bonchev–Trinajstić information content (AvgIpc) is 2.42. The van der Waals surface area contributed by atoms with Crippen LogP contribution in [0.4, 0.5) is 0 Å². The lowest BCUT2D eigenvalue weighted by molar-refractivity contribution is 0.178. The molecule has 0 radical (unpaired) electrons. The molecule has 0 aromatic heterocycles. The van der Waals surface area contributed by atoms with Crippen LogP contribution >= 0.6 is 0 Å². The zero-order valence-corrected chi connectivity index (χ0v) is 11.1. The molecule has 98 valence electrons. The van der Waals surface area contributed by atoms with Crippen LogP contribution in [0.5, 0.6) is 17.2 Å². The number of methoxy groups -OCH3 is 3. The normalized spacial score (nSPS) is 11.2. The zero-order chi connectivity index (χ0) is 13.5. The highest BCUT2D eigenvalue weighted by atomic mass is 16.5. The Bertz CT molecular complexity index is 457. The summed E-state index contributed by atoms with van der Waals surface area (Å²) in [7, 11) is 4.61. The first-order valence-corrected chi connectivity index (χ1v) is 5.56. The lowest BCUT2D eigenvalue weighted by Crippen LogP contribution is -2.03. The average molecular weight is 250 g/mol. The molecular weight excluding hydrogens is 232 g/mol. The van der Waals surface area contributed by atoms with Crippen molar-refractivity contribution in [2.45, 2.75) is 19.4 Å². The summed E-state index contributed by atoms with van der Waals surface area (Å²) in [6, 6.07) is 3.49. The highest BCUT2D eigenvalue weighted by Crippen LogP contribution is 2.42. The van der Waals surface area contributed by atoms with Gasteiger partial charge in [0.05, 0.1) is 27.4 Å². The maximum atomic E-state index is 10.1. The Kier molecular flexibility index (Phi) is 5.34.